The van der Waals surface area contributed by atoms with Crippen molar-refractivity contribution in [1.82, 2.24) is 5.32 Å². The van der Waals surface area contributed by atoms with Crippen molar-refractivity contribution >= 4 is 11.6 Å². The van der Waals surface area contributed by atoms with Crippen LogP contribution in [0.1, 0.15) is 24.0 Å². The number of benzene rings is 1. The Bertz CT molecular complexity index is 479. The van der Waals surface area contributed by atoms with Crippen LogP contribution in [0.3, 0.4) is 0 Å². The van der Waals surface area contributed by atoms with E-state index in [-0.39, 0.29) is 11.9 Å². The smallest absolute Gasteiger partial charge is 0.243 e. The van der Waals surface area contributed by atoms with E-state index in [4.69, 9.17) is 4.74 Å². The third-order valence-corrected chi connectivity index (χ3v) is 3.76. The number of rotatable bonds is 3. The molecule has 0 radical (unpaired) electrons. The largest absolute Gasteiger partial charge is 0.496 e. The number of nitrogens with one attached hydrogen (secondary N) is 1. The summed E-state index contributed by atoms with van der Waals surface area (Å²) in [5.41, 5.74) is 3.05. The van der Waals surface area contributed by atoms with Crippen molar-refractivity contribution in [3.8, 4) is 5.75 Å². The molecule has 1 fully saturated rings. The van der Waals surface area contributed by atoms with Crippen molar-refractivity contribution in [2.45, 2.75) is 32.7 Å². The number of likely N-dealkylation sites (N-methyl/N-ethyl adjacent to an activating group) is 1. The van der Waals surface area contributed by atoms with Gasteiger partial charge in [0.1, 0.15) is 5.75 Å². The van der Waals surface area contributed by atoms with Crippen LogP contribution in [0.25, 0.3) is 0 Å². The molecule has 0 aromatic heterocycles. The number of carbonyl (C=O) groups excluding carboxylic acids is 1. The summed E-state index contributed by atoms with van der Waals surface area (Å²) in [5.74, 6) is 1.01. The van der Waals surface area contributed by atoms with Gasteiger partial charge in [0.05, 0.1) is 13.2 Å². The maximum absolute atomic E-state index is 12.4. The Hall–Kier alpha value is -1.55. The van der Waals surface area contributed by atoms with E-state index in [1.54, 1.807) is 12.0 Å². The highest BCUT2D eigenvalue weighted by molar-refractivity contribution is 5.97. The highest BCUT2D eigenvalue weighted by Crippen LogP contribution is 2.28. The number of aryl methyl sites for hydroxylation is 2. The van der Waals surface area contributed by atoms with E-state index in [1.807, 2.05) is 33.0 Å². The van der Waals surface area contributed by atoms with Gasteiger partial charge in [-0.2, -0.15) is 0 Å². The SMILES string of the molecule is COc1cc(C)c(N(C)C(=O)C2CCCN2)cc1C. The molecule has 0 saturated carbocycles. The molecule has 0 bridgehead atoms. The summed E-state index contributed by atoms with van der Waals surface area (Å²) in [7, 11) is 3.51. The lowest BCUT2D eigenvalue weighted by Crippen LogP contribution is -2.42. The van der Waals surface area contributed by atoms with Crippen LogP contribution in [0.15, 0.2) is 12.1 Å². The molecule has 104 valence electrons. The number of ether oxygens (including phenoxy) is 1. The molecule has 4 heteroatoms. The summed E-state index contributed by atoms with van der Waals surface area (Å²) < 4.78 is 5.31. The highest BCUT2D eigenvalue weighted by Gasteiger charge is 2.26. The van der Waals surface area contributed by atoms with Gasteiger partial charge in [-0.25, -0.2) is 0 Å². The Labute approximate surface area is 114 Å². The molecule has 1 aliphatic rings. The van der Waals surface area contributed by atoms with E-state index in [9.17, 15) is 4.79 Å². The molecule has 1 atom stereocenters. The predicted octanol–water partition coefficient (Wildman–Crippen LogP) is 2.03. The second-order valence-electron chi connectivity index (χ2n) is 5.15. The Morgan fingerprint density at radius 1 is 1.37 bits per heavy atom. The number of methoxy groups -OCH3 is 1. The van der Waals surface area contributed by atoms with Gasteiger partial charge in [-0.15, -0.1) is 0 Å². The molecular formula is C15H22N2O2. The first-order chi connectivity index (χ1) is 9.04. The minimum absolute atomic E-state index is 0.0354. The highest BCUT2D eigenvalue weighted by atomic mass is 16.5. The molecular weight excluding hydrogens is 240 g/mol. The monoisotopic (exact) mass is 262 g/mol. The van der Waals surface area contributed by atoms with E-state index in [2.05, 4.69) is 5.32 Å². The number of hydrogen-bond acceptors (Lipinski definition) is 3. The molecule has 0 spiro atoms. The zero-order chi connectivity index (χ0) is 14.0. The van der Waals surface area contributed by atoms with Gasteiger partial charge in [0.15, 0.2) is 0 Å². The number of carbonyl (C=O) groups is 1. The van der Waals surface area contributed by atoms with Crippen LogP contribution in [0.4, 0.5) is 5.69 Å². The first kappa shape index (κ1) is 13.9. The zero-order valence-electron chi connectivity index (χ0n) is 12.1. The second-order valence-corrected chi connectivity index (χ2v) is 5.15. The van der Waals surface area contributed by atoms with Gasteiger partial charge in [-0.05, 0) is 56.5 Å². The summed E-state index contributed by atoms with van der Waals surface area (Å²) in [4.78, 5) is 14.2. The fourth-order valence-corrected chi connectivity index (χ4v) is 2.60. The average Bonchev–Trinajstić information content (AvgIpc) is 2.93. The molecule has 1 saturated heterocycles. The van der Waals surface area contributed by atoms with Gasteiger partial charge in [-0.1, -0.05) is 0 Å². The fraction of sp³-hybridized carbons (Fsp3) is 0.533. The molecule has 0 aliphatic carbocycles. The molecule has 19 heavy (non-hydrogen) atoms. The molecule has 1 amide bonds. The van der Waals surface area contributed by atoms with Crippen LogP contribution in [-0.4, -0.2) is 32.7 Å². The van der Waals surface area contributed by atoms with E-state index >= 15 is 0 Å². The van der Waals surface area contributed by atoms with Crippen molar-refractivity contribution in [3.05, 3.63) is 23.3 Å². The van der Waals surface area contributed by atoms with Crippen LogP contribution in [0, 0.1) is 13.8 Å². The molecule has 1 aromatic rings. The van der Waals surface area contributed by atoms with Crippen molar-refractivity contribution < 1.29 is 9.53 Å². The van der Waals surface area contributed by atoms with Crippen LogP contribution >= 0.6 is 0 Å². The van der Waals surface area contributed by atoms with Crippen molar-refractivity contribution in [1.29, 1.82) is 0 Å². The van der Waals surface area contributed by atoms with Crippen molar-refractivity contribution in [2.75, 3.05) is 25.6 Å². The summed E-state index contributed by atoms with van der Waals surface area (Å²) in [6, 6.07) is 3.96. The lowest BCUT2D eigenvalue weighted by atomic mass is 10.1. The molecule has 1 aromatic carbocycles. The second kappa shape index (κ2) is 5.61. The number of anilines is 1. The summed E-state index contributed by atoms with van der Waals surface area (Å²) in [6.45, 7) is 4.93. The van der Waals surface area contributed by atoms with Gasteiger partial charge < -0.3 is 15.0 Å². The fourth-order valence-electron chi connectivity index (χ4n) is 2.60. The van der Waals surface area contributed by atoms with Gasteiger partial charge in [-0.3, -0.25) is 4.79 Å². The lowest BCUT2D eigenvalue weighted by Gasteiger charge is -2.24. The van der Waals surface area contributed by atoms with Gasteiger partial charge in [0, 0.05) is 12.7 Å². The van der Waals surface area contributed by atoms with Gasteiger partial charge in [0.25, 0.3) is 0 Å². The Balaban J connectivity index is 2.25. The number of nitrogens with zero attached hydrogens (tertiary/aromatic N) is 1. The molecule has 1 aliphatic heterocycles. The maximum Gasteiger partial charge on any atom is 0.243 e. The number of hydrogen-bond donors (Lipinski definition) is 1. The van der Waals surface area contributed by atoms with Crippen molar-refractivity contribution in [3.63, 3.8) is 0 Å². The first-order valence-electron chi connectivity index (χ1n) is 6.70. The number of amides is 1. The van der Waals surface area contributed by atoms with E-state index < -0.39 is 0 Å². The van der Waals surface area contributed by atoms with Crippen LogP contribution in [-0.2, 0) is 4.79 Å². The molecule has 1 N–H and O–H groups in total. The van der Waals surface area contributed by atoms with Crippen molar-refractivity contribution in [2.24, 2.45) is 0 Å². The lowest BCUT2D eigenvalue weighted by molar-refractivity contribution is -0.119. The normalized spacial score (nSPS) is 18.4. The molecule has 2 rings (SSSR count). The average molecular weight is 262 g/mol. The van der Waals surface area contributed by atoms with Crippen LogP contribution < -0.4 is 15.0 Å². The third-order valence-electron chi connectivity index (χ3n) is 3.76. The third kappa shape index (κ3) is 2.73. The molecule has 4 nitrogen and oxygen atoms in total. The minimum atomic E-state index is -0.0354. The zero-order valence-corrected chi connectivity index (χ0v) is 12.1. The summed E-state index contributed by atoms with van der Waals surface area (Å²) in [5, 5.41) is 3.25. The predicted molar refractivity (Wildman–Crippen MR) is 76.9 cm³/mol. The standard InChI is InChI=1S/C15H22N2O2/c1-10-9-14(19-4)11(2)8-13(10)17(3)15(18)12-6-5-7-16-12/h8-9,12,16H,5-7H2,1-4H3. The summed E-state index contributed by atoms with van der Waals surface area (Å²) >= 11 is 0. The van der Waals surface area contributed by atoms with E-state index in [0.29, 0.717) is 0 Å². The molecule has 1 heterocycles. The maximum atomic E-state index is 12.4. The Kier molecular flexibility index (Phi) is 4.10. The van der Waals surface area contributed by atoms with Crippen LogP contribution in [0.5, 0.6) is 5.75 Å². The van der Waals surface area contributed by atoms with E-state index in [1.165, 1.54) is 0 Å². The Morgan fingerprint density at radius 3 is 2.68 bits per heavy atom. The first-order valence-corrected chi connectivity index (χ1v) is 6.70. The topological polar surface area (TPSA) is 41.6 Å². The van der Waals surface area contributed by atoms with Crippen LogP contribution in [0.2, 0.25) is 0 Å². The summed E-state index contributed by atoms with van der Waals surface area (Å²) in [6.07, 6.45) is 2.00. The molecule has 1 unspecified atom stereocenters. The van der Waals surface area contributed by atoms with Gasteiger partial charge in [0.2, 0.25) is 5.91 Å². The Morgan fingerprint density at radius 2 is 2.11 bits per heavy atom. The van der Waals surface area contributed by atoms with Gasteiger partial charge >= 0.3 is 0 Å². The minimum Gasteiger partial charge on any atom is -0.496 e. The van der Waals surface area contributed by atoms with E-state index in [0.717, 1.165) is 42.0 Å². The quantitative estimate of drug-likeness (QED) is 0.906.